The number of nitrogens with zero attached hydrogens (tertiary/aromatic N) is 3. The van der Waals surface area contributed by atoms with Gasteiger partial charge in [-0.15, -0.1) is 0 Å². The molecule has 0 bridgehead atoms. The number of hydrogen-bond donors (Lipinski definition) is 1. The van der Waals surface area contributed by atoms with Gasteiger partial charge in [0.25, 0.3) is 0 Å². The van der Waals surface area contributed by atoms with Crippen molar-refractivity contribution in [1.29, 1.82) is 0 Å². The molecule has 1 fully saturated rings. The van der Waals surface area contributed by atoms with E-state index in [1.54, 1.807) is 43.3 Å². The second-order valence-electron chi connectivity index (χ2n) is 7.59. The third-order valence-corrected chi connectivity index (χ3v) is 5.87. The summed E-state index contributed by atoms with van der Waals surface area (Å²) in [5.74, 6) is -2.00. The Balaban J connectivity index is 1.56. The number of guanidine groups is 1. The highest BCUT2D eigenvalue weighted by atomic mass is 35.5. The van der Waals surface area contributed by atoms with Crippen molar-refractivity contribution >= 4 is 35.1 Å². The largest absolute Gasteiger partial charge is 0.465 e. The summed E-state index contributed by atoms with van der Waals surface area (Å²) in [6, 6.07) is 12.9. The van der Waals surface area contributed by atoms with E-state index in [-0.39, 0.29) is 12.4 Å². The molecule has 7 nitrogen and oxygen atoms in total. The lowest BCUT2D eigenvalue weighted by Gasteiger charge is -2.39. The van der Waals surface area contributed by atoms with E-state index in [2.05, 4.69) is 5.32 Å². The maximum atomic E-state index is 14.1. The Labute approximate surface area is 190 Å². The van der Waals surface area contributed by atoms with Crippen molar-refractivity contribution in [2.24, 2.45) is 10.9 Å². The minimum Gasteiger partial charge on any atom is -0.465 e. The number of benzene rings is 2. The first-order valence-corrected chi connectivity index (χ1v) is 10.9. The number of carbonyl (C=O) groups is 2. The van der Waals surface area contributed by atoms with Gasteiger partial charge in [-0.2, -0.15) is 0 Å². The highest BCUT2D eigenvalue weighted by molar-refractivity contribution is 6.30. The topological polar surface area (TPSA) is 74.2 Å². The summed E-state index contributed by atoms with van der Waals surface area (Å²) < 4.78 is 19.3. The Bertz CT molecular complexity index is 1020. The van der Waals surface area contributed by atoms with Crippen LogP contribution in [0.15, 0.2) is 53.5 Å². The van der Waals surface area contributed by atoms with Crippen LogP contribution in [-0.2, 0) is 14.3 Å². The molecule has 168 valence electrons. The van der Waals surface area contributed by atoms with E-state index < -0.39 is 23.8 Å². The molecule has 0 radical (unpaired) electrons. The Kier molecular flexibility index (Phi) is 6.60. The van der Waals surface area contributed by atoms with E-state index in [4.69, 9.17) is 21.3 Å². The van der Waals surface area contributed by atoms with Crippen LogP contribution in [0.4, 0.5) is 10.1 Å². The Morgan fingerprint density at radius 1 is 1.12 bits per heavy atom. The SMILES string of the molecule is CCOC(=O)C1C(=O)NC(N2CCN(c3ccccc3F)CC2)=NC1c1ccc(Cl)cc1. The Hall–Kier alpha value is -3.13. The van der Waals surface area contributed by atoms with Crippen LogP contribution in [0.3, 0.4) is 0 Å². The number of carbonyl (C=O) groups excluding carboxylic acids is 2. The van der Waals surface area contributed by atoms with Gasteiger partial charge in [0.15, 0.2) is 5.92 Å². The summed E-state index contributed by atoms with van der Waals surface area (Å²) >= 11 is 6.01. The average molecular weight is 459 g/mol. The summed E-state index contributed by atoms with van der Waals surface area (Å²) in [4.78, 5) is 34.1. The van der Waals surface area contributed by atoms with E-state index in [0.717, 1.165) is 0 Å². The molecule has 2 unspecified atom stereocenters. The van der Waals surface area contributed by atoms with E-state index in [0.29, 0.717) is 48.4 Å². The van der Waals surface area contributed by atoms with Crippen LogP contribution < -0.4 is 10.2 Å². The fourth-order valence-electron chi connectivity index (χ4n) is 3.99. The predicted octanol–water partition coefficient (Wildman–Crippen LogP) is 3.01. The first kappa shape index (κ1) is 22.1. The Morgan fingerprint density at radius 2 is 1.78 bits per heavy atom. The van der Waals surface area contributed by atoms with Gasteiger partial charge in [-0.05, 0) is 36.8 Å². The van der Waals surface area contributed by atoms with Gasteiger partial charge < -0.3 is 14.5 Å². The van der Waals surface area contributed by atoms with Gasteiger partial charge in [-0.3, -0.25) is 14.9 Å². The highest BCUT2D eigenvalue weighted by Gasteiger charge is 2.42. The lowest BCUT2D eigenvalue weighted by atomic mass is 9.91. The Morgan fingerprint density at radius 3 is 2.44 bits per heavy atom. The maximum absolute atomic E-state index is 14.1. The van der Waals surface area contributed by atoms with E-state index in [9.17, 15) is 14.0 Å². The molecule has 0 aromatic heterocycles. The number of amides is 1. The molecule has 2 aliphatic rings. The van der Waals surface area contributed by atoms with Gasteiger partial charge >= 0.3 is 5.97 Å². The normalized spacial score (nSPS) is 21.1. The molecule has 1 N–H and O–H groups in total. The van der Waals surface area contributed by atoms with Crippen LogP contribution >= 0.6 is 11.6 Å². The van der Waals surface area contributed by atoms with Crippen LogP contribution in [-0.4, -0.2) is 55.5 Å². The van der Waals surface area contributed by atoms with Crippen LogP contribution in [0, 0.1) is 11.7 Å². The summed E-state index contributed by atoms with van der Waals surface area (Å²) in [5, 5.41) is 3.32. The molecule has 4 rings (SSSR count). The zero-order valence-electron chi connectivity index (χ0n) is 17.6. The number of nitrogens with one attached hydrogen (secondary N) is 1. The van der Waals surface area contributed by atoms with Crippen molar-refractivity contribution in [3.63, 3.8) is 0 Å². The van der Waals surface area contributed by atoms with Crippen molar-refractivity contribution in [3.8, 4) is 0 Å². The first-order valence-electron chi connectivity index (χ1n) is 10.5. The standard InChI is InChI=1S/C23H24ClFN4O3/c1-2-32-22(31)19-20(15-7-9-16(24)10-8-15)26-23(27-21(19)30)29-13-11-28(12-14-29)18-6-4-3-5-17(18)25/h3-10,19-20H,2,11-14H2,1H3,(H,26,27,30). The summed E-state index contributed by atoms with van der Waals surface area (Å²) in [7, 11) is 0. The highest BCUT2D eigenvalue weighted by Crippen LogP contribution is 2.32. The lowest BCUT2D eigenvalue weighted by molar-refractivity contribution is -0.153. The molecule has 0 spiro atoms. The van der Waals surface area contributed by atoms with Gasteiger partial charge in [-0.25, -0.2) is 9.38 Å². The minimum absolute atomic E-state index is 0.171. The zero-order chi connectivity index (χ0) is 22.7. The molecular weight excluding hydrogens is 435 g/mol. The molecular formula is C23H24ClFN4O3. The maximum Gasteiger partial charge on any atom is 0.321 e. The molecule has 2 atom stereocenters. The number of ether oxygens (including phenoxy) is 1. The molecule has 0 saturated carbocycles. The first-order chi connectivity index (χ1) is 15.5. The second-order valence-corrected chi connectivity index (χ2v) is 8.03. The van der Waals surface area contributed by atoms with Crippen molar-refractivity contribution in [3.05, 3.63) is 64.9 Å². The van der Waals surface area contributed by atoms with Crippen LogP contribution in [0.1, 0.15) is 18.5 Å². The molecule has 2 aromatic carbocycles. The van der Waals surface area contributed by atoms with Gasteiger partial charge in [-0.1, -0.05) is 35.9 Å². The van der Waals surface area contributed by atoms with Crippen molar-refractivity contribution in [1.82, 2.24) is 10.2 Å². The summed E-state index contributed by atoms with van der Waals surface area (Å²) in [6.07, 6.45) is 0. The van der Waals surface area contributed by atoms with E-state index in [1.807, 2.05) is 15.9 Å². The van der Waals surface area contributed by atoms with Gasteiger partial charge in [0, 0.05) is 31.2 Å². The number of rotatable bonds is 4. The number of halogens is 2. The number of piperazine rings is 1. The smallest absolute Gasteiger partial charge is 0.321 e. The molecule has 9 heteroatoms. The quantitative estimate of drug-likeness (QED) is 0.563. The molecule has 1 amide bonds. The van der Waals surface area contributed by atoms with Crippen LogP contribution in [0.25, 0.3) is 0 Å². The fraction of sp³-hybridized carbons (Fsp3) is 0.348. The lowest BCUT2D eigenvalue weighted by Crippen LogP contribution is -2.57. The predicted molar refractivity (Wildman–Crippen MR) is 120 cm³/mol. The number of aliphatic imine (C=N–C) groups is 1. The minimum atomic E-state index is -1.08. The molecule has 32 heavy (non-hydrogen) atoms. The molecule has 2 heterocycles. The molecule has 1 saturated heterocycles. The van der Waals surface area contributed by atoms with E-state index in [1.165, 1.54) is 6.07 Å². The summed E-state index contributed by atoms with van der Waals surface area (Å²) in [5.41, 5.74) is 1.26. The van der Waals surface area contributed by atoms with Crippen molar-refractivity contribution in [2.75, 3.05) is 37.7 Å². The van der Waals surface area contributed by atoms with Crippen molar-refractivity contribution < 1.29 is 18.7 Å². The van der Waals surface area contributed by atoms with Crippen LogP contribution in [0.5, 0.6) is 0 Å². The monoisotopic (exact) mass is 458 g/mol. The number of anilines is 1. The van der Waals surface area contributed by atoms with Crippen LogP contribution in [0.2, 0.25) is 5.02 Å². The number of para-hydroxylation sites is 1. The zero-order valence-corrected chi connectivity index (χ0v) is 18.4. The molecule has 2 aliphatic heterocycles. The van der Waals surface area contributed by atoms with Gasteiger partial charge in [0.2, 0.25) is 11.9 Å². The second kappa shape index (κ2) is 9.56. The van der Waals surface area contributed by atoms with Crippen molar-refractivity contribution in [2.45, 2.75) is 13.0 Å². The number of esters is 1. The fourth-order valence-corrected chi connectivity index (χ4v) is 4.12. The molecule has 0 aliphatic carbocycles. The average Bonchev–Trinajstić information content (AvgIpc) is 2.79. The summed E-state index contributed by atoms with van der Waals surface area (Å²) in [6.45, 7) is 4.10. The molecule has 2 aromatic rings. The number of hydrogen-bond acceptors (Lipinski definition) is 6. The third-order valence-electron chi connectivity index (χ3n) is 5.62. The third kappa shape index (κ3) is 4.55. The van der Waals surface area contributed by atoms with Gasteiger partial charge in [0.05, 0.1) is 12.3 Å². The van der Waals surface area contributed by atoms with Gasteiger partial charge in [0.1, 0.15) is 11.9 Å². The van der Waals surface area contributed by atoms with E-state index >= 15 is 0 Å².